The monoisotopic (exact) mass is 479 g/mol. The standard InChI is InChI=1S/C30H19Cl2NO/c31-21-16-20(17-22(32)18-21)25-10-4-6-12-28(25)33(23-8-2-1-3-9-23)24-14-15-30-27(19-24)26-11-5-7-13-29(26)34-30/h1-19H. The highest BCUT2D eigenvalue weighted by molar-refractivity contribution is 6.35. The van der Waals surface area contributed by atoms with Crippen LogP contribution in [-0.2, 0) is 0 Å². The first-order valence-corrected chi connectivity index (χ1v) is 11.7. The Morgan fingerprint density at radius 1 is 0.529 bits per heavy atom. The van der Waals surface area contributed by atoms with E-state index in [-0.39, 0.29) is 0 Å². The molecule has 1 heterocycles. The molecule has 0 aliphatic rings. The molecule has 0 saturated heterocycles. The Balaban J connectivity index is 1.61. The lowest BCUT2D eigenvalue weighted by Crippen LogP contribution is -2.11. The van der Waals surface area contributed by atoms with Crippen molar-refractivity contribution in [1.82, 2.24) is 0 Å². The Labute approximate surface area is 207 Å². The predicted molar refractivity (Wildman–Crippen MR) is 144 cm³/mol. The van der Waals surface area contributed by atoms with Crippen LogP contribution in [0.25, 0.3) is 33.1 Å². The Kier molecular flexibility index (Phi) is 5.26. The molecule has 0 fully saturated rings. The second-order valence-electron chi connectivity index (χ2n) is 8.12. The van der Waals surface area contributed by atoms with Crippen LogP contribution < -0.4 is 4.90 Å². The van der Waals surface area contributed by atoms with Crippen LogP contribution in [0, 0.1) is 0 Å². The molecular formula is C30H19Cl2NO. The topological polar surface area (TPSA) is 16.4 Å². The van der Waals surface area contributed by atoms with E-state index >= 15 is 0 Å². The average molecular weight is 480 g/mol. The van der Waals surface area contributed by atoms with E-state index in [4.69, 9.17) is 27.6 Å². The predicted octanol–water partition coefficient (Wildman–Crippen LogP) is 10.0. The molecule has 0 aliphatic heterocycles. The lowest BCUT2D eigenvalue weighted by Gasteiger charge is -2.28. The summed E-state index contributed by atoms with van der Waals surface area (Å²) < 4.78 is 6.07. The molecule has 0 aliphatic carbocycles. The molecule has 0 bridgehead atoms. The average Bonchev–Trinajstić information content (AvgIpc) is 3.23. The third-order valence-electron chi connectivity index (χ3n) is 5.95. The Bertz CT molecular complexity index is 1620. The van der Waals surface area contributed by atoms with Crippen molar-refractivity contribution in [2.45, 2.75) is 0 Å². The van der Waals surface area contributed by atoms with Crippen LogP contribution in [0.1, 0.15) is 0 Å². The lowest BCUT2D eigenvalue weighted by atomic mass is 10.0. The van der Waals surface area contributed by atoms with Crippen LogP contribution in [0.4, 0.5) is 17.1 Å². The SMILES string of the molecule is Clc1cc(Cl)cc(-c2ccccc2N(c2ccccc2)c2ccc3oc4ccccc4c3c2)c1. The van der Waals surface area contributed by atoms with Crippen molar-refractivity contribution in [3.05, 3.63) is 125 Å². The van der Waals surface area contributed by atoms with Gasteiger partial charge < -0.3 is 9.32 Å². The zero-order valence-electron chi connectivity index (χ0n) is 18.1. The number of fused-ring (bicyclic) bond motifs is 3. The summed E-state index contributed by atoms with van der Waals surface area (Å²) in [6, 6.07) is 38.7. The Morgan fingerprint density at radius 3 is 2.03 bits per heavy atom. The maximum atomic E-state index is 6.37. The maximum Gasteiger partial charge on any atom is 0.135 e. The van der Waals surface area contributed by atoms with Crippen molar-refractivity contribution < 1.29 is 4.42 Å². The quantitative estimate of drug-likeness (QED) is 0.250. The van der Waals surface area contributed by atoms with Gasteiger partial charge in [-0.25, -0.2) is 0 Å². The molecule has 6 aromatic rings. The minimum Gasteiger partial charge on any atom is -0.456 e. The molecule has 1 aromatic heterocycles. The second kappa shape index (κ2) is 8.57. The molecule has 0 N–H and O–H groups in total. The molecule has 0 unspecified atom stereocenters. The molecule has 4 heteroatoms. The fourth-order valence-corrected chi connectivity index (χ4v) is 5.01. The van der Waals surface area contributed by atoms with E-state index in [0.29, 0.717) is 10.0 Å². The molecule has 2 nitrogen and oxygen atoms in total. The molecule has 0 amide bonds. The summed E-state index contributed by atoms with van der Waals surface area (Å²) >= 11 is 12.7. The summed E-state index contributed by atoms with van der Waals surface area (Å²) in [5.74, 6) is 0. The Morgan fingerprint density at radius 2 is 1.21 bits per heavy atom. The number of hydrogen-bond acceptors (Lipinski definition) is 2. The zero-order valence-corrected chi connectivity index (χ0v) is 19.6. The van der Waals surface area contributed by atoms with Gasteiger partial charge in [-0.05, 0) is 66.2 Å². The summed E-state index contributed by atoms with van der Waals surface area (Å²) in [5.41, 5.74) is 6.86. The van der Waals surface area contributed by atoms with Gasteiger partial charge >= 0.3 is 0 Å². The van der Waals surface area contributed by atoms with Gasteiger partial charge in [-0.2, -0.15) is 0 Å². The molecule has 0 saturated carbocycles. The maximum absolute atomic E-state index is 6.37. The molecule has 0 spiro atoms. The van der Waals surface area contributed by atoms with Gasteiger partial charge in [-0.15, -0.1) is 0 Å². The first-order chi connectivity index (χ1) is 16.7. The minimum atomic E-state index is 0.606. The number of hydrogen-bond donors (Lipinski definition) is 0. The van der Waals surface area contributed by atoms with Crippen LogP contribution >= 0.6 is 23.2 Å². The van der Waals surface area contributed by atoms with Crippen LogP contribution in [0.2, 0.25) is 10.0 Å². The van der Waals surface area contributed by atoms with Crippen molar-refractivity contribution in [3.63, 3.8) is 0 Å². The highest BCUT2D eigenvalue weighted by Crippen LogP contribution is 2.43. The third-order valence-corrected chi connectivity index (χ3v) is 6.39. The van der Waals surface area contributed by atoms with Crippen LogP contribution in [-0.4, -0.2) is 0 Å². The lowest BCUT2D eigenvalue weighted by molar-refractivity contribution is 0.669. The number of furan rings is 1. The zero-order chi connectivity index (χ0) is 23.1. The van der Waals surface area contributed by atoms with Gasteiger partial charge in [-0.1, -0.05) is 77.8 Å². The van der Waals surface area contributed by atoms with E-state index in [1.807, 2.05) is 66.7 Å². The highest BCUT2D eigenvalue weighted by Gasteiger charge is 2.18. The number of halogens is 2. The largest absolute Gasteiger partial charge is 0.456 e. The van der Waals surface area contributed by atoms with Gasteiger partial charge in [0.05, 0.1) is 5.69 Å². The molecule has 5 aromatic carbocycles. The van der Waals surface area contributed by atoms with Crippen molar-refractivity contribution >= 4 is 62.2 Å². The summed E-state index contributed by atoms with van der Waals surface area (Å²) in [5, 5.41) is 3.39. The number of para-hydroxylation sites is 3. The summed E-state index contributed by atoms with van der Waals surface area (Å²) in [7, 11) is 0. The summed E-state index contributed by atoms with van der Waals surface area (Å²) in [6.45, 7) is 0. The number of benzene rings is 5. The molecular weight excluding hydrogens is 461 g/mol. The molecule has 34 heavy (non-hydrogen) atoms. The number of nitrogens with zero attached hydrogens (tertiary/aromatic N) is 1. The number of rotatable bonds is 4. The smallest absolute Gasteiger partial charge is 0.135 e. The van der Waals surface area contributed by atoms with E-state index in [1.54, 1.807) is 6.07 Å². The molecule has 0 radical (unpaired) electrons. The van der Waals surface area contributed by atoms with Gasteiger partial charge in [0.15, 0.2) is 0 Å². The van der Waals surface area contributed by atoms with Crippen molar-refractivity contribution in [2.24, 2.45) is 0 Å². The van der Waals surface area contributed by atoms with Crippen LogP contribution in [0.15, 0.2) is 120 Å². The van der Waals surface area contributed by atoms with Crippen molar-refractivity contribution in [3.8, 4) is 11.1 Å². The normalized spacial score (nSPS) is 11.2. The third kappa shape index (κ3) is 3.71. The van der Waals surface area contributed by atoms with Crippen LogP contribution in [0.5, 0.6) is 0 Å². The fourth-order valence-electron chi connectivity index (χ4n) is 4.48. The fraction of sp³-hybridized carbons (Fsp3) is 0. The molecule has 164 valence electrons. The van der Waals surface area contributed by atoms with Crippen LogP contribution in [0.3, 0.4) is 0 Å². The van der Waals surface area contributed by atoms with E-state index in [9.17, 15) is 0 Å². The first-order valence-electron chi connectivity index (χ1n) is 11.0. The van der Waals surface area contributed by atoms with E-state index in [2.05, 4.69) is 47.4 Å². The van der Waals surface area contributed by atoms with Crippen molar-refractivity contribution in [1.29, 1.82) is 0 Å². The Hall–Kier alpha value is -3.72. The summed E-state index contributed by atoms with van der Waals surface area (Å²) in [6.07, 6.45) is 0. The van der Waals surface area contributed by atoms with Gasteiger partial charge in [0.25, 0.3) is 0 Å². The van der Waals surface area contributed by atoms with E-state index in [1.165, 1.54) is 0 Å². The summed E-state index contributed by atoms with van der Waals surface area (Å²) in [4.78, 5) is 2.26. The minimum absolute atomic E-state index is 0.606. The van der Waals surface area contributed by atoms with E-state index < -0.39 is 0 Å². The first kappa shape index (κ1) is 20.9. The van der Waals surface area contributed by atoms with Gasteiger partial charge in [0.2, 0.25) is 0 Å². The molecule has 6 rings (SSSR count). The van der Waals surface area contributed by atoms with Crippen molar-refractivity contribution in [2.75, 3.05) is 4.90 Å². The highest BCUT2D eigenvalue weighted by atomic mass is 35.5. The van der Waals surface area contributed by atoms with E-state index in [0.717, 1.165) is 50.1 Å². The van der Waals surface area contributed by atoms with Gasteiger partial charge in [0.1, 0.15) is 11.2 Å². The van der Waals surface area contributed by atoms with Gasteiger partial charge in [-0.3, -0.25) is 0 Å². The van der Waals surface area contributed by atoms with Gasteiger partial charge in [0, 0.05) is 37.8 Å². The number of anilines is 3. The molecule has 0 atom stereocenters. The second-order valence-corrected chi connectivity index (χ2v) is 9.00.